The van der Waals surface area contributed by atoms with Crippen molar-refractivity contribution >= 4 is 24.6 Å². The summed E-state index contributed by atoms with van der Waals surface area (Å²) < 4.78 is 0. The van der Waals surface area contributed by atoms with Crippen molar-refractivity contribution in [1.29, 1.82) is 0 Å². The summed E-state index contributed by atoms with van der Waals surface area (Å²) in [4.78, 5) is 23.1. The molecule has 0 saturated carbocycles. The van der Waals surface area contributed by atoms with E-state index in [1.54, 1.807) is 36.4 Å². The van der Waals surface area contributed by atoms with Crippen LogP contribution in [-0.4, -0.2) is 27.9 Å². The lowest BCUT2D eigenvalue weighted by atomic mass is 9.91. The van der Waals surface area contributed by atoms with Gasteiger partial charge in [-0.15, -0.1) is 0 Å². The molecular formula is C16H14O4S. The number of hydrogen-bond donors (Lipinski definition) is 3. The summed E-state index contributed by atoms with van der Waals surface area (Å²) in [6.45, 7) is 0. The van der Waals surface area contributed by atoms with E-state index < -0.39 is 11.9 Å². The Kier molecular flexibility index (Phi) is 4.65. The first-order chi connectivity index (χ1) is 10.1. The standard InChI is InChI=1S/C16H14O4S/c17-15(18)13-11(8-9-21)6-7-12(14(13)16(19)20)10-4-2-1-3-5-10/h1-7,21H,8-9H2,(H,17,18)(H,19,20). The van der Waals surface area contributed by atoms with Crippen molar-refractivity contribution < 1.29 is 19.8 Å². The van der Waals surface area contributed by atoms with E-state index in [2.05, 4.69) is 12.6 Å². The maximum atomic E-state index is 11.6. The van der Waals surface area contributed by atoms with Crippen molar-refractivity contribution in [1.82, 2.24) is 0 Å². The van der Waals surface area contributed by atoms with Crippen molar-refractivity contribution in [2.24, 2.45) is 0 Å². The fourth-order valence-electron chi connectivity index (χ4n) is 2.30. The molecule has 2 rings (SSSR count). The van der Waals surface area contributed by atoms with E-state index in [1.807, 2.05) is 6.07 Å². The maximum Gasteiger partial charge on any atom is 0.337 e. The molecule has 0 aromatic heterocycles. The van der Waals surface area contributed by atoms with Crippen LogP contribution in [0.5, 0.6) is 0 Å². The molecule has 0 radical (unpaired) electrons. The Bertz CT molecular complexity index is 680. The molecule has 5 heteroatoms. The average Bonchev–Trinajstić information content (AvgIpc) is 2.47. The van der Waals surface area contributed by atoms with Crippen LogP contribution in [0.1, 0.15) is 26.3 Å². The first-order valence-electron chi connectivity index (χ1n) is 6.35. The lowest BCUT2D eigenvalue weighted by Gasteiger charge is -2.13. The second-order valence-corrected chi connectivity index (χ2v) is 4.92. The largest absolute Gasteiger partial charge is 0.478 e. The molecule has 0 spiro atoms. The molecule has 0 bridgehead atoms. The van der Waals surface area contributed by atoms with Crippen LogP contribution in [0.3, 0.4) is 0 Å². The van der Waals surface area contributed by atoms with Gasteiger partial charge in [0.25, 0.3) is 0 Å². The lowest BCUT2D eigenvalue weighted by molar-refractivity contribution is 0.0651. The van der Waals surface area contributed by atoms with E-state index in [0.717, 1.165) is 0 Å². The molecule has 108 valence electrons. The third kappa shape index (κ3) is 3.08. The van der Waals surface area contributed by atoms with Crippen molar-refractivity contribution in [3.63, 3.8) is 0 Å². The van der Waals surface area contributed by atoms with E-state index >= 15 is 0 Å². The molecule has 0 amide bonds. The van der Waals surface area contributed by atoms with Gasteiger partial charge in [0.15, 0.2) is 0 Å². The van der Waals surface area contributed by atoms with Crippen LogP contribution in [0.2, 0.25) is 0 Å². The number of rotatable bonds is 5. The Labute approximate surface area is 127 Å². The molecule has 0 fully saturated rings. The van der Waals surface area contributed by atoms with Crippen LogP contribution in [0.25, 0.3) is 11.1 Å². The molecule has 21 heavy (non-hydrogen) atoms. The molecule has 0 aliphatic rings. The smallest absolute Gasteiger partial charge is 0.337 e. The van der Waals surface area contributed by atoms with Gasteiger partial charge < -0.3 is 10.2 Å². The van der Waals surface area contributed by atoms with Gasteiger partial charge in [-0.1, -0.05) is 42.5 Å². The topological polar surface area (TPSA) is 74.6 Å². The summed E-state index contributed by atoms with van der Waals surface area (Å²) in [5, 5.41) is 18.9. The minimum atomic E-state index is -1.24. The summed E-state index contributed by atoms with van der Waals surface area (Å²) in [6.07, 6.45) is 0.403. The number of hydrogen-bond acceptors (Lipinski definition) is 3. The number of benzene rings is 2. The fourth-order valence-corrected chi connectivity index (χ4v) is 2.54. The molecule has 2 N–H and O–H groups in total. The highest BCUT2D eigenvalue weighted by Crippen LogP contribution is 2.29. The lowest BCUT2D eigenvalue weighted by Crippen LogP contribution is -2.13. The Hall–Kier alpha value is -2.27. The SMILES string of the molecule is O=C(O)c1c(CCS)ccc(-c2ccccc2)c1C(=O)O. The van der Waals surface area contributed by atoms with Crippen molar-refractivity contribution in [2.45, 2.75) is 6.42 Å². The van der Waals surface area contributed by atoms with Crippen molar-refractivity contribution in [3.8, 4) is 11.1 Å². The minimum absolute atomic E-state index is 0.155. The second-order valence-electron chi connectivity index (χ2n) is 4.47. The normalized spacial score (nSPS) is 10.3. The van der Waals surface area contributed by atoms with Crippen molar-refractivity contribution in [3.05, 3.63) is 59.2 Å². The van der Waals surface area contributed by atoms with Crippen molar-refractivity contribution in [2.75, 3.05) is 5.75 Å². The highest BCUT2D eigenvalue weighted by atomic mass is 32.1. The van der Waals surface area contributed by atoms with Crippen LogP contribution in [0, 0.1) is 0 Å². The van der Waals surface area contributed by atoms with Gasteiger partial charge in [-0.25, -0.2) is 9.59 Å². The van der Waals surface area contributed by atoms with Crippen LogP contribution >= 0.6 is 12.6 Å². The van der Waals surface area contributed by atoms with E-state index in [4.69, 9.17) is 0 Å². The number of carbonyl (C=O) groups is 2. The monoisotopic (exact) mass is 302 g/mol. The van der Waals surface area contributed by atoms with Gasteiger partial charge in [-0.05, 0) is 28.9 Å². The summed E-state index contributed by atoms with van der Waals surface area (Å²) in [5.41, 5.74) is 1.23. The predicted molar refractivity (Wildman–Crippen MR) is 83.4 cm³/mol. The van der Waals surface area contributed by atoms with E-state index in [1.165, 1.54) is 0 Å². The van der Waals surface area contributed by atoms with Gasteiger partial charge >= 0.3 is 11.9 Å². The van der Waals surface area contributed by atoms with Gasteiger partial charge in [0.2, 0.25) is 0 Å². The molecule has 0 heterocycles. The van der Waals surface area contributed by atoms with Gasteiger partial charge in [0.05, 0.1) is 11.1 Å². The van der Waals surface area contributed by atoms with Gasteiger partial charge in [-0.2, -0.15) is 12.6 Å². The number of carboxylic acids is 2. The molecule has 0 atom stereocenters. The minimum Gasteiger partial charge on any atom is -0.478 e. The molecule has 2 aromatic carbocycles. The Morgan fingerprint density at radius 1 is 0.905 bits per heavy atom. The van der Waals surface area contributed by atoms with Gasteiger partial charge in [-0.3, -0.25) is 0 Å². The van der Waals surface area contributed by atoms with Gasteiger partial charge in [0.1, 0.15) is 0 Å². The zero-order valence-corrected chi connectivity index (χ0v) is 12.0. The first kappa shape index (κ1) is 15.1. The number of thiol groups is 1. The molecule has 0 aliphatic heterocycles. The summed E-state index contributed by atoms with van der Waals surface area (Å²) in [6, 6.07) is 12.2. The summed E-state index contributed by atoms with van der Waals surface area (Å²) in [7, 11) is 0. The third-order valence-electron chi connectivity index (χ3n) is 3.19. The Balaban J connectivity index is 2.76. The summed E-state index contributed by atoms with van der Waals surface area (Å²) >= 11 is 4.09. The van der Waals surface area contributed by atoms with E-state index in [-0.39, 0.29) is 11.1 Å². The van der Waals surface area contributed by atoms with Crippen LogP contribution in [0.15, 0.2) is 42.5 Å². The molecule has 4 nitrogen and oxygen atoms in total. The maximum absolute atomic E-state index is 11.6. The second kappa shape index (κ2) is 6.45. The predicted octanol–water partition coefficient (Wildman–Crippen LogP) is 3.22. The Morgan fingerprint density at radius 3 is 2.05 bits per heavy atom. The zero-order valence-electron chi connectivity index (χ0n) is 11.1. The average molecular weight is 302 g/mol. The van der Waals surface area contributed by atoms with Crippen LogP contribution < -0.4 is 0 Å². The quantitative estimate of drug-likeness (QED) is 0.741. The highest BCUT2D eigenvalue weighted by Gasteiger charge is 2.24. The van der Waals surface area contributed by atoms with E-state index in [9.17, 15) is 19.8 Å². The molecule has 0 aliphatic carbocycles. The molecule has 2 aromatic rings. The number of aryl methyl sites for hydroxylation is 1. The Morgan fingerprint density at radius 2 is 1.52 bits per heavy atom. The molecular weight excluding hydrogens is 288 g/mol. The third-order valence-corrected chi connectivity index (χ3v) is 3.41. The fraction of sp³-hybridized carbons (Fsp3) is 0.125. The first-order valence-corrected chi connectivity index (χ1v) is 6.98. The number of carboxylic acid groups (broad SMARTS) is 2. The zero-order chi connectivity index (χ0) is 15.4. The molecule has 0 unspecified atom stereocenters. The van der Waals surface area contributed by atoms with Crippen LogP contribution in [0.4, 0.5) is 0 Å². The number of aromatic carboxylic acids is 2. The van der Waals surface area contributed by atoms with E-state index in [0.29, 0.717) is 28.9 Å². The summed E-state index contributed by atoms with van der Waals surface area (Å²) in [5.74, 6) is -2.03. The molecule has 0 saturated heterocycles. The van der Waals surface area contributed by atoms with Gasteiger partial charge in [0, 0.05) is 0 Å². The highest BCUT2D eigenvalue weighted by molar-refractivity contribution is 7.80. The van der Waals surface area contributed by atoms with Crippen LogP contribution in [-0.2, 0) is 6.42 Å².